The SMILES string of the molecule is [CH2]C#CCOC(=O)C1CCCC1. The lowest BCUT2D eigenvalue weighted by Gasteiger charge is -2.05. The average Bonchev–Trinajstić information content (AvgIpc) is 2.56. The van der Waals surface area contributed by atoms with Gasteiger partial charge in [0.25, 0.3) is 0 Å². The molecular weight excluding hydrogens is 152 g/mol. The number of hydrogen-bond acceptors (Lipinski definition) is 2. The van der Waals surface area contributed by atoms with Crippen LogP contribution in [0, 0.1) is 24.7 Å². The lowest BCUT2D eigenvalue weighted by atomic mass is 10.1. The van der Waals surface area contributed by atoms with Crippen LogP contribution in [0.4, 0.5) is 0 Å². The highest BCUT2D eigenvalue weighted by molar-refractivity contribution is 5.72. The van der Waals surface area contributed by atoms with Crippen molar-refractivity contribution in [1.82, 2.24) is 0 Å². The van der Waals surface area contributed by atoms with Gasteiger partial charge in [0.1, 0.15) is 0 Å². The first kappa shape index (κ1) is 9.12. The van der Waals surface area contributed by atoms with Gasteiger partial charge >= 0.3 is 5.97 Å². The van der Waals surface area contributed by atoms with Gasteiger partial charge in [0.2, 0.25) is 0 Å². The molecule has 0 bridgehead atoms. The Morgan fingerprint density at radius 1 is 1.50 bits per heavy atom. The molecule has 0 heterocycles. The van der Waals surface area contributed by atoms with Crippen LogP contribution in [0.1, 0.15) is 25.7 Å². The monoisotopic (exact) mass is 165 g/mol. The predicted octanol–water partition coefficient (Wildman–Crippen LogP) is 1.56. The fourth-order valence-electron chi connectivity index (χ4n) is 1.44. The number of carbonyl (C=O) groups excluding carboxylic acids is 1. The summed E-state index contributed by atoms with van der Waals surface area (Å²) >= 11 is 0. The van der Waals surface area contributed by atoms with Crippen molar-refractivity contribution in [1.29, 1.82) is 0 Å². The average molecular weight is 165 g/mol. The first-order chi connectivity index (χ1) is 5.84. The van der Waals surface area contributed by atoms with E-state index in [9.17, 15) is 4.79 Å². The van der Waals surface area contributed by atoms with Crippen LogP contribution in [-0.4, -0.2) is 12.6 Å². The molecule has 1 aliphatic carbocycles. The quantitative estimate of drug-likeness (QED) is 0.458. The van der Waals surface area contributed by atoms with Gasteiger partial charge in [-0.25, -0.2) is 0 Å². The van der Waals surface area contributed by atoms with Crippen LogP contribution in [0.3, 0.4) is 0 Å². The molecule has 0 saturated heterocycles. The van der Waals surface area contributed by atoms with Crippen LogP contribution in [0.5, 0.6) is 0 Å². The minimum Gasteiger partial charge on any atom is -0.452 e. The topological polar surface area (TPSA) is 26.3 Å². The predicted molar refractivity (Wildman–Crippen MR) is 46.1 cm³/mol. The minimum absolute atomic E-state index is 0.0877. The van der Waals surface area contributed by atoms with Crippen molar-refractivity contribution in [3.05, 3.63) is 6.92 Å². The molecule has 0 aromatic rings. The second-order valence-electron chi connectivity index (χ2n) is 2.94. The smallest absolute Gasteiger partial charge is 0.309 e. The molecule has 0 aliphatic heterocycles. The molecule has 0 N–H and O–H groups in total. The van der Waals surface area contributed by atoms with Gasteiger partial charge in [0, 0.05) is 6.92 Å². The molecule has 1 saturated carbocycles. The van der Waals surface area contributed by atoms with Gasteiger partial charge in [0.05, 0.1) is 5.92 Å². The Bertz CT molecular complexity index is 204. The lowest BCUT2D eigenvalue weighted by Crippen LogP contribution is -2.14. The molecular formula is C10H13O2. The van der Waals surface area contributed by atoms with Crippen LogP contribution in [0.15, 0.2) is 0 Å². The van der Waals surface area contributed by atoms with Gasteiger partial charge in [-0.15, -0.1) is 0 Å². The lowest BCUT2D eigenvalue weighted by molar-refractivity contribution is -0.146. The van der Waals surface area contributed by atoms with Crippen LogP contribution in [0.25, 0.3) is 0 Å². The summed E-state index contributed by atoms with van der Waals surface area (Å²) in [4.78, 5) is 11.2. The van der Waals surface area contributed by atoms with E-state index in [4.69, 9.17) is 4.74 Å². The zero-order valence-electron chi connectivity index (χ0n) is 7.14. The standard InChI is InChI=1S/C10H13O2/c1-2-3-8-12-10(11)9-6-4-5-7-9/h9H,1,4-8H2. The van der Waals surface area contributed by atoms with Crippen LogP contribution >= 0.6 is 0 Å². The highest BCUT2D eigenvalue weighted by atomic mass is 16.5. The van der Waals surface area contributed by atoms with Crippen molar-refractivity contribution in [2.45, 2.75) is 25.7 Å². The Hall–Kier alpha value is -0.970. The molecule has 65 valence electrons. The Labute approximate surface area is 73.3 Å². The summed E-state index contributed by atoms with van der Waals surface area (Å²) in [6.07, 6.45) is 4.27. The molecule has 0 unspecified atom stereocenters. The van der Waals surface area contributed by atoms with Crippen molar-refractivity contribution in [2.24, 2.45) is 5.92 Å². The van der Waals surface area contributed by atoms with E-state index in [-0.39, 0.29) is 18.5 Å². The molecule has 1 radical (unpaired) electrons. The third kappa shape index (κ3) is 2.58. The second kappa shape index (κ2) is 4.82. The first-order valence-electron chi connectivity index (χ1n) is 4.26. The third-order valence-corrected chi connectivity index (χ3v) is 2.10. The molecule has 1 fully saturated rings. The van der Waals surface area contributed by atoms with Crippen LogP contribution in [-0.2, 0) is 9.53 Å². The molecule has 0 aromatic carbocycles. The second-order valence-corrected chi connectivity index (χ2v) is 2.94. The number of esters is 1. The summed E-state index contributed by atoms with van der Waals surface area (Å²) in [5.41, 5.74) is 0. The molecule has 0 spiro atoms. The summed E-state index contributed by atoms with van der Waals surface area (Å²) in [7, 11) is 0. The van der Waals surface area contributed by atoms with Gasteiger partial charge in [-0.1, -0.05) is 24.7 Å². The molecule has 0 aromatic heterocycles. The molecule has 0 atom stereocenters. The summed E-state index contributed by atoms with van der Waals surface area (Å²) in [6.45, 7) is 3.52. The molecule has 1 rings (SSSR count). The molecule has 2 nitrogen and oxygen atoms in total. The summed E-state index contributed by atoms with van der Waals surface area (Å²) in [6, 6.07) is 0. The minimum atomic E-state index is -0.0877. The maximum absolute atomic E-state index is 11.2. The van der Waals surface area contributed by atoms with Gasteiger partial charge < -0.3 is 4.74 Å². The normalized spacial score (nSPS) is 16.8. The number of hydrogen-bond donors (Lipinski definition) is 0. The maximum Gasteiger partial charge on any atom is 0.309 e. The largest absolute Gasteiger partial charge is 0.452 e. The van der Waals surface area contributed by atoms with E-state index in [1.54, 1.807) is 0 Å². The van der Waals surface area contributed by atoms with E-state index < -0.39 is 0 Å². The molecule has 1 aliphatic rings. The number of rotatable bonds is 2. The summed E-state index contributed by atoms with van der Waals surface area (Å²) in [5, 5.41) is 0. The zero-order valence-corrected chi connectivity index (χ0v) is 7.14. The fourth-order valence-corrected chi connectivity index (χ4v) is 1.44. The van der Waals surface area contributed by atoms with E-state index in [2.05, 4.69) is 18.8 Å². The number of carbonyl (C=O) groups is 1. The van der Waals surface area contributed by atoms with Crippen molar-refractivity contribution in [2.75, 3.05) is 6.61 Å². The maximum atomic E-state index is 11.2. The Kier molecular flexibility index (Phi) is 3.66. The van der Waals surface area contributed by atoms with Gasteiger partial charge in [0.15, 0.2) is 6.61 Å². The van der Waals surface area contributed by atoms with Gasteiger partial charge in [-0.2, -0.15) is 0 Å². The third-order valence-electron chi connectivity index (χ3n) is 2.10. The Morgan fingerprint density at radius 3 is 2.75 bits per heavy atom. The number of ether oxygens (including phenoxy) is 1. The Balaban J connectivity index is 2.21. The molecule has 0 amide bonds. The van der Waals surface area contributed by atoms with E-state index in [1.165, 1.54) is 0 Å². The summed E-state index contributed by atoms with van der Waals surface area (Å²) < 4.78 is 4.91. The Morgan fingerprint density at radius 2 is 2.17 bits per heavy atom. The van der Waals surface area contributed by atoms with Crippen LogP contribution in [0.2, 0.25) is 0 Å². The van der Waals surface area contributed by atoms with Crippen molar-refractivity contribution in [3.8, 4) is 11.8 Å². The summed E-state index contributed by atoms with van der Waals surface area (Å²) in [5.74, 6) is 5.08. The van der Waals surface area contributed by atoms with E-state index in [1.807, 2.05) is 0 Å². The van der Waals surface area contributed by atoms with Gasteiger partial charge in [-0.05, 0) is 12.8 Å². The van der Waals surface area contributed by atoms with E-state index in [0.29, 0.717) is 0 Å². The van der Waals surface area contributed by atoms with Crippen molar-refractivity contribution >= 4 is 5.97 Å². The van der Waals surface area contributed by atoms with E-state index >= 15 is 0 Å². The van der Waals surface area contributed by atoms with Crippen molar-refractivity contribution < 1.29 is 9.53 Å². The highest BCUT2D eigenvalue weighted by Crippen LogP contribution is 2.25. The van der Waals surface area contributed by atoms with Crippen LogP contribution < -0.4 is 0 Å². The van der Waals surface area contributed by atoms with Gasteiger partial charge in [-0.3, -0.25) is 4.79 Å². The van der Waals surface area contributed by atoms with E-state index in [0.717, 1.165) is 25.7 Å². The molecule has 2 heteroatoms. The first-order valence-corrected chi connectivity index (χ1v) is 4.26. The van der Waals surface area contributed by atoms with Crippen molar-refractivity contribution in [3.63, 3.8) is 0 Å². The fraction of sp³-hybridized carbons (Fsp3) is 0.600. The molecule has 12 heavy (non-hydrogen) atoms. The zero-order chi connectivity index (χ0) is 8.81. The highest BCUT2D eigenvalue weighted by Gasteiger charge is 2.23.